The standard InChI is InChI=1S/C25H34O7/c1-5-6-7-8-9-10-11-19-16-21-20(14-15-25(19,24(21)29)32-18(3)27)22(31-17(2)26)12-13-23(28)30-4/h9-10,14-16,20-22H,5-8,11-13H2,1-4H3/b10-9-/t20-,21+,22+,25-/m0/s1. The number of rotatable bonds is 12. The predicted octanol–water partition coefficient (Wildman–Crippen LogP) is 4.01. The summed E-state index contributed by atoms with van der Waals surface area (Å²) in [5, 5.41) is 0. The average molecular weight is 447 g/mol. The summed E-state index contributed by atoms with van der Waals surface area (Å²) < 4.78 is 15.7. The van der Waals surface area contributed by atoms with E-state index in [2.05, 4.69) is 13.0 Å². The first kappa shape index (κ1) is 25.6. The fourth-order valence-corrected chi connectivity index (χ4v) is 4.36. The lowest BCUT2D eigenvalue weighted by atomic mass is 9.76. The number of ketones is 1. The maximum atomic E-state index is 13.4. The molecule has 0 aromatic rings. The first-order valence-electron chi connectivity index (χ1n) is 11.3. The maximum Gasteiger partial charge on any atom is 0.305 e. The van der Waals surface area contributed by atoms with Crippen LogP contribution in [0.3, 0.4) is 0 Å². The van der Waals surface area contributed by atoms with Gasteiger partial charge in [-0.3, -0.25) is 19.2 Å². The molecule has 2 rings (SSSR count). The van der Waals surface area contributed by atoms with Gasteiger partial charge in [0.1, 0.15) is 6.10 Å². The van der Waals surface area contributed by atoms with Crippen molar-refractivity contribution >= 4 is 23.7 Å². The van der Waals surface area contributed by atoms with Crippen LogP contribution in [-0.2, 0) is 33.4 Å². The van der Waals surface area contributed by atoms with E-state index < -0.39 is 41.4 Å². The smallest absolute Gasteiger partial charge is 0.305 e. The summed E-state index contributed by atoms with van der Waals surface area (Å²) in [4.78, 5) is 48.5. The third kappa shape index (κ3) is 6.17. The highest BCUT2D eigenvalue weighted by atomic mass is 16.6. The van der Waals surface area contributed by atoms with Gasteiger partial charge < -0.3 is 14.2 Å². The zero-order valence-electron chi connectivity index (χ0n) is 19.4. The number of fused-ring (bicyclic) bond motifs is 2. The van der Waals surface area contributed by atoms with Crippen LogP contribution in [0.5, 0.6) is 0 Å². The number of unbranched alkanes of at least 4 members (excludes halogenated alkanes) is 3. The van der Waals surface area contributed by atoms with Crippen molar-refractivity contribution < 1.29 is 33.4 Å². The number of Topliss-reactive ketones (excluding diaryl/α,β-unsaturated/α-hetero) is 1. The predicted molar refractivity (Wildman–Crippen MR) is 118 cm³/mol. The molecule has 0 aliphatic heterocycles. The molecule has 176 valence electrons. The van der Waals surface area contributed by atoms with Crippen molar-refractivity contribution in [3.05, 3.63) is 36.0 Å². The molecule has 0 unspecified atom stereocenters. The summed E-state index contributed by atoms with van der Waals surface area (Å²) in [6.45, 7) is 4.73. The van der Waals surface area contributed by atoms with Crippen molar-refractivity contribution in [3.8, 4) is 0 Å². The summed E-state index contributed by atoms with van der Waals surface area (Å²) in [7, 11) is 1.29. The first-order chi connectivity index (χ1) is 15.2. The monoisotopic (exact) mass is 446 g/mol. The third-order valence-corrected chi connectivity index (χ3v) is 5.89. The van der Waals surface area contributed by atoms with E-state index in [-0.39, 0.29) is 18.6 Å². The van der Waals surface area contributed by atoms with Crippen LogP contribution in [0, 0.1) is 11.8 Å². The highest BCUT2D eigenvalue weighted by molar-refractivity contribution is 6.02. The van der Waals surface area contributed by atoms with Crippen molar-refractivity contribution in [2.75, 3.05) is 7.11 Å². The Bertz CT molecular complexity index is 807. The molecule has 0 aromatic heterocycles. The minimum atomic E-state index is -1.41. The lowest BCUT2D eigenvalue weighted by molar-refractivity contribution is -0.160. The van der Waals surface area contributed by atoms with Crippen LogP contribution in [0.1, 0.15) is 65.7 Å². The van der Waals surface area contributed by atoms with Gasteiger partial charge >= 0.3 is 17.9 Å². The van der Waals surface area contributed by atoms with Gasteiger partial charge in [-0.1, -0.05) is 44.1 Å². The molecular formula is C25H34O7. The van der Waals surface area contributed by atoms with Gasteiger partial charge in [0, 0.05) is 26.2 Å². The highest BCUT2D eigenvalue weighted by Gasteiger charge is 2.56. The van der Waals surface area contributed by atoms with Crippen LogP contribution < -0.4 is 0 Å². The highest BCUT2D eigenvalue weighted by Crippen LogP contribution is 2.46. The molecule has 7 nitrogen and oxygen atoms in total. The van der Waals surface area contributed by atoms with E-state index in [1.165, 1.54) is 27.4 Å². The molecule has 0 amide bonds. The van der Waals surface area contributed by atoms with Crippen molar-refractivity contribution in [1.29, 1.82) is 0 Å². The van der Waals surface area contributed by atoms with Crippen molar-refractivity contribution in [2.45, 2.75) is 77.4 Å². The molecule has 0 N–H and O–H groups in total. The summed E-state index contributed by atoms with van der Waals surface area (Å²) in [5.41, 5.74) is -0.702. The van der Waals surface area contributed by atoms with Gasteiger partial charge in [-0.2, -0.15) is 0 Å². The number of carbonyl (C=O) groups is 4. The van der Waals surface area contributed by atoms with Crippen LogP contribution in [0.25, 0.3) is 0 Å². The maximum absolute atomic E-state index is 13.4. The molecule has 7 heteroatoms. The van der Waals surface area contributed by atoms with Crippen molar-refractivity contribution in [3.63, 3.8) is 0 Å². The minimum Gasteiger partial charge on any atom is -0.469 e. The van der Waals surface area contributed by atoms with E-state index in [9.17, 15) is 19.2 Å². The Kier molecular flexibility index (Phi) is 9.42. The Balaban J connectivity index is 2.27. The van der Waals surface area contributed by atoms with Gasteiger partial charge in [-0.25, -0.2) is 0 Å². The quantitative estimate of drug-likeness (QED) is 0.193. The number of hydrogen-bond acceptors (Lipinski definition) is 7. The zero-order chi connectivity index (χ0) is 23.7. The molecule has 0 spiro atoms. The SMILES string of the molecule is CCCCC/C=C\CC1=C[C@H]2C(=O)[C@]1(OC(C)=O)C=C[C@@H]2[C@@H](CCC(=O)OC)OC(C)=O. The van der Waals surface area contributed by atoms with Crippen molar-refractivity contribution in [1.82, 2.24) is 0 Å². The average Bonchev–Trinajstić information content (AvgIpc) is 2.89. The fraction of sp³-hybridized carbons (Fsp3) is 0.600. The summed E-state index contributed by atoms with van der Waals surface area (Å²) in [6.07, 6.45) is 13.8. The number of allylic oxidation sites excluding steroid dienone is 3. The van der Waals surface area contributed by atoms with Crippen LogP contribution in [-0.4, -0.2) is 42.5 Å². The van der Waals surface area contributed by atoms with Crippen LogP contribution >= 0.6 is 0 Å². The molecule has 0 saturated carbocycles. The molecule has 0 saturated heterocycles. The second kappa shape index (κ2) is 11.8. The van der Waals surface area contributed by atoms with E-state index in [0.29, 0.717) is 12.0 Å². The van der Waals surface area contributed by atoms with Gasteiger partial charge in [0.25, 0.3) is 0 Å². The Morgan fingerprint density at radius 3 is 2.53 bits per heavy atom. The summed E-state index contributed by atoms with van der Waals surface area (Å²) in [5.74, 6) is -2.75. The summed E-state index contributed by atoms with van der Waals surface area (Å²) >= 11 is 0. The van der Waals surface area contributed by atoms with E-state index in [0.717, 1.165) is 19.3 Å². The topological polar surface area (TPSA) is 96.0 Å². The van der Waals surface area contributed by atoms with Crippen molar-refractivity contribution in [2.24, 2.45) is 11.8 Å². The van der Waals surface area contributed by atoms with E-state index in [1.54, 1.807) is 12.2 Å². The zero-order valence-corrected chi connectivity index (χ0v) is 19.4. The minimum absolute atomic E-state index is 0.0614. The largest absolute Gasteiger partial charge is 0.469 e. The van der Waals surface area contributed by atoms with Gasteiger partial charge in [0.05, 0.1) is 13.0 Å². The second-order valence-corrected chi connectivity index (χ2v) is 8.28. The Morgan fingerprint density at radius 1 is 1.16 bits per heavy atom. The number of carbonyl (C=O) groups excluding carboxylic acids is 4. The fourth-order valence-electron chi connectivity index (χ4n) is 4.36. The molecule has 0 heterocycles. The molecule has 0 fully saturated rings. The van der Waals surface area contributed by atoms with Crippen LogP contribution in [0.15, 0.2) is 36.0 Å². The van der Waals surface area contributed by atoms with E-state index in [1.807, 2.05) is 12.2 Å². The summed E-state index contributed by atoms with van der Waals surface area (Å²) in [6, 6.07) is 0. The van der Waals surface area contributed by atoms with Gasteiger partial charge in [-0.15, -0.1) is 0 Å². The van der Waals surface area contributed by atoms with Crippen LogP contribution in [0.2, 0.25) is 0 Å². The molecule has 4 atom stereocenters. The molecule has 2 aliphatic carbocycles. The molecule has 2 aliphatic rings. The van der Waals surface area contributed by atoms with Gasteiger partial charge in [0.15, 0.2) is 5.78 Å². The number of hydrogen-bond donors (Lipinski definition) is 0. The third-order valence-electron chi connectivity index (χ3n) is 5.89. The molecule has 32 heavy (non-hydrogen) atoms. The Labute approximate surface area is 189 Å². The van der Waals surface area contributed by atoms with Gasteiger partial charge in [0.2, 0.25) is 5.60 Å². The lowest BCUT2D eigenvalue weighted by Crippen LogP contribution is -2.47. The normalized spacial score (nSPS) is 24.9. The molecule has 0 aromatic carbocycles. The molecule has 0 radical (unpaired) electrons. The van der Waals surface area contributed by atoms with E-state index in [4.69, 9.17) is 14.2 Å². The molecule has 2 bridgehead atoms. The number of ether oxygens (including phenoxy) is 3. The lowest BCUT2D eigenvalue weighted by Gasteiger charge is -2.35. The van der Waals surface area contributed by atoms with Crippen LogP contribution in [0.4, 0.5) is 0 Å². The number of methoxy groups -OCH3 is 1. The molecular weight excluding hydrogens is 412 g/mol. The second-order valence-electron chi connectivity index (χ2n) is 8.28. The first-order valence-corrected chi connectivity index (χ1v) is 11.3. The number of esters is 3. The Hall–Kier alpha value is -2.70. The van der Waals surface area contributed by atoms with Gasteiger partial charge in [-0.05, 0) is 37.3 Å². The van der Waals surface area contributed by atoms with E-state index >= 15 is 0 Å². The Morgan fingerprint density at radius 2 is 1.91 bits per heavy atom.